The maximum atomic E-state index is 12.5. The topological polar surface area (TPSA) is 66.0 Å². The number of ether oxygens (including phenoxy) is 1. The lowest BCUT2D eigenvalue weighted by Crippen LogP contribution is -2.61. The van der Waals surface area contributed by atoms with Crippen LogP contribution in [-0.4, -0.2) is 85.5 Å². The number of Topliss-reactive ketones (excluding diaryl/α,β-unsaturated/α-hetero) is 1. The molecule has 2 aliphatic heterocycles. The maximum absolute atomic E-state index is 12.5. The summed E-state index contributed by atoms with van der Waals surface area (Å²) in [6.07, 6.45) is 4.03. The van der Waals surface area contributed by atoms with Crippen LogP contribution in [0, 0.1) is 0 Å². The molecule has 1 atom stereocenters. The van der Waals surface area contributed by atoms with E-state index in [0.29, 0.717) is 25.1 Å². The molecule has 2 fully saturated rings. The van der Waals surface area contributed by atoms with Crippen LogP contribution in [0.5, 0.6) is 0 Å². The zero-order valence-electron chi connectivity index (χ0n) is 16.6. The van der Waals surface area contributed by atoms with E-state index < -0.39 is 0 Å². The number of pyridine rings is 1. The normalized spacial score (nSPS) is 24.3. The number of piperazine rings is 1. The van der Waals surface area contributed by atoms with Crippen molar-refractivity contribution in [1.29, 1.82) is 0 Å². The second kappa shape index (κ2) is 8.35. The molecule has 0 radical (unpaired) electrons. The number of likely N-dealkylation sites (N-methyl/N-ethyl adjacent to an activating group) is 1. The first-order valence-corrected chi connectivity index (χ1v) is 9.65. The van der Waals surface area contributed by atoms with E-state index in [2.05, 4.69) is 21.8 Å². The molecular formula is C20H30N4O3. The van der Waals surface area contributed by atoms with Crippen LogP contribution in [0.1, 0.15) is 36.5 Å². The first kappa shape index (κ1) is 19.8. The molecule has 7 heteroatoms. The second-order valence-electron chi connectivity index (χ2n) is 7.65. The largest absolute Gasteiger partial charge is 0.383 e. The van der Waals surface area contributed by atoms with Gasteiger partial charge in [0, 0.05) is 63.6 Å². The Morgan fingerprint density at radius 1 is 1.26 bits per heavy atom. The van der Waals surface area contributed by atoms with E-state index in [1.54, 1.807) is 20.2 Å². The Morgan fingerprint density at radius 3 is 2.74 bits per heavy atom. The second-order valence-corrected chi connectivity index (χ2v) is 7.65. The van der Waals surface area contributed by atoms with Crippen molar-refractivity contribution in [3.05, 3.63) is 23.9 Å². The average Bonchev–Trinajstić information content (AvgIpc) is 2.83. The van der Waals surface area contributed by atoms with Crippen LogP contribution in [0.25, 0.3) is 0 Å². The summed E-state index contributed by atoms with van der Waals surface area (Å²) in [5, 5.41) is 0. The van der Waals surface area contributed by atoms with Crippen LogP contribution < -0.4 is 4.90 Å². The highest BCUT2D eigenvalue weighted by Gasteiger charge is 2.42. The summed E-state index contributed by atoms with van der Waals surface area (Å²) in [7, 11) is 3.83. The highest BCUT2D eigenvalue weighted by atomic mass is 16.5. The number of anilines is 1. The highest BCUT2D eigenvalue weighted by Crippen LogP contribution is 2.33. The van der Waals surface area contributed by atoms with Gasteiger partial charge in [0.1, 0.15) is 5.82 Å². The van der Waals surface area contributed by atoms with Crippen molar-refractivity contribution in [2.45, 2.75) is 31.7 Å². The van der Waals surface area contributed by atoms with Crippen LogP contribution in [0.4, 0.5) is 5.82 Å². The third-order valence-electron chi connectivity index (χ3n) is 6.05. The molecular weight excluding hydrogens is 344 g/mol. The Bertz CT molecular complexity index is 678. The number of carbonyl (C=O) groups is 2. The van der Waals surface area contributed by atoms with Crippen molar-refractivity contribution in [1.82, 2.24) is 14.8 Å². The number of carbonyl (C=O) groups excluding carboxylic acids is 2. The van der Waals surface area contributed by atoms with Crippen molar-refractivity contribution in [2.24, 2.45) is 0 Å². The van der Waals surface area contributed by atoms with Gasteiger partial charge in [-0.3, -0.25) is 14.5 Å². The lowest BCUT2D eigenvalue weighted by molar-refractivity contribution is -0.131. The fourth-order valence-corrected chi connectivity index (χ4v) is 4.11. The zero-order valence-corrected chi connectivity index (χ0v) is 16.6. The van der Waals surface area contributed by atoms with E-state index >= 15 is 0 Å². The minimum absolute atomic E-state index is 0.0299. The number of likely N-dealkylation sites (tertiary alicyclic amines) is 1. The van der Waals surface area contributed by atoms with Crippen LogP contribution in [0.2, 0.25) is 0 Å². The number of hydrogen-bond acceptors (Lipinski definition) is 6. The summed E-state index contributed by atoms with van der Waals surface area (Å²) in [5.41, 5.74) is 0.604. The van der Waals surface area contributed by atoms with Crippen molar-refractivity contribution in [2.75, 3.05) is 58.4 Å². The standard InChI is InChI=1S/C20H30N4O3/c1-16(25)17-4-5-18(21-14-17)24-11-10-22(2)20(15-24)7-6-19(26)23(9-8-20)12-13-27-3/h4-5,14H,6-13,15H2,1-3H3. The number of methoxy groups -OCH3 is 1. The molecule has 27 heavy (non-hydrogen) atoms. The molecule has 2 saturated heterocycles. The molecule has 7 nitrogen and oxygen atoms in total. The van der Waals surface area contributed by atoms with E-state index in [1.165, 1.54) is 0 Å². The summed E-state index contributed by atoms with van der Waals surface area (Å²) in [4.78, 5) is 35.1. The molecule has 0 aromatic carbocycles. The van der Waals surface area contributed by atoms with E-state index in [1.807, 2.05) is 17.0 Å². The lowest BCUT2D eigenvalue weighted by Gasteiger charge is -2.49. The molecule has 0 N–H and O–H groups in total. The molecule has 1 aromatic rings. The third kappa shape index (κ3) is 4.30. The molecule has 3 heterocycles. The van der Waals surface area contributed by atoms with Crippen molar-refractivity contribution >= 4 is 17.5 Å². The number of hydrogen-bond donors (Lipinski definition) is 0. The molecule has 1 aromatic heterocycles. The molecule has 1 spiro atoms. The van der Waals surface area contributed by atoms with E-state index in [-0.39, 0.29) is 17.2 Å². The van der Waals surface area contributed by atoms with Gasteiger partial charge in [0.25, 0.3) is 0 Å². The summed E-state index contributed by atoms with van der Waals surface area (Å²) < 4.78 is 5.15. The van der Waals surface area contributed by atoms with Gasteiger partial charge in [-0.15, -0.1) is 0 Å². The van der Waals surface area contributed by atoms with Gasteiger partial charge >= 0.3 is 0 Å². The average molecular weight is 374 g/mol. The summed E-state index contributed by atoms with van der Waals surface area (Å²) in [6, 6.07) is 3.78. The molecule has 0 aliphatic carbocycles. The van der Waals surface area contributed by atoms with E-state index in [4.69, 9.17) is 4.74 Å². The Kier molecular flexibility index (Phi) is 6.11. The van der Waals surface area contributed by atoms with Crippen molar-refractivity contribution in [3.63, 3.8) is 0 Å². The van der Waals surface area contributed by atoms with Gasteiger partial charge in [-0.25, -0.2) is 4.98 Å². The maximum Gasteiger partial charge on any atom is 0.222 e. The Morgan fingerprint density at radius 2 is 2.07 bits per heavy atom. The Balaban J connectivity index is 1.74. The number of nitrogens with zero attached hydrogens (tertiary/aromatic N) is 4. The molecule has 2 aliphatic rings. The fraction of sp³-hybridized carbons (Fsp3) is 0.650. The summed E-state index contributed by atoms with van der Waals surface area (Å²) in [5.74, 6) is 1.15. The van der Waals surface area contributed by atoms with Gasteiger partial charge in [-0.2, -0.15) is 0 Å². The van der Waals surface area contributed by atoms with Crippen LogP contribution >= 0.6 is 0 Å². The van der Waals surface area contributed by atoms with E-state index in [0.717, 1.165) is 44.8 Å². The SMILES string of the molecule is COCCN1CCC2(CCC1=O)CN(c1ccc(C(C)=O)cn1)CCN2C. The Labute approximate surface area is 161 Å². The molecule has 0 bridgehead atoms. The van der Waals surface area contributed by atoms with Crippen LogP contribution in [0.15, 0.2) is 18.3 Å². The smallest absolute Gasteiger partial charge is 0.222 e. The van der Waals surface area contributed by atoms with Crippen LogP contribution in [0.3, 0.4) is 0 Å². The van der Waals surface area contributed by atoms with Gasteiger partial charge in [0.05, 0.1) is 6.61 Å². The predicted molar refractivity (Wildman–Crippen MR) is 104 cm³/mol. The fourth-order valence-electron chi connectivity index (χ4n) is 4.11. The van der Waals surface area contributed by atoms with Gasteiger partial charge in [0.15, 0.2) is 5.78 Å². The van der Waals surface area contributed by atoms with Gasteiger partial charge < -0.3 is 14.5 Å². The molecule has 1 unspecified atom stereocenters. The van der Waals surface area contributed by atoms with Gasteiger partial charge in [-0.05, 0) is 38.9 Å². The highest BCUT2D eigenvalue weighted by molar-refractivity contribution is 5.93. The first-order chi connectivity index (χ1) is 12.9. The molecule has 1 amide bonds. The van der Waals surface area contributed by atoms with Crippen molar-refractivity contribution < 1.29 is 14.3 Å². The van der Waals surface area contributed by atoms with E-state index in [9.17, 15) is 9.59 Å². The van der Waals surface area contributed by atoms with Gasteiger partial charge in [0.2, 0.25) is 5.91 Å². The zero-order chi connectivity index (χ0) is 19.4. The lowest BCUT2D eigenvalue weighted by atomic mass is 9.86. The monoisotopic (exact) mass is 374 g/mol. The summed E-state index contributed by atoms with van der Waals surface area (Å²) in [6.45, 7) is 6.23. The number of aromatic nitrogens is 1. The van der Waals surface area contributed by atoms with Crippen LogP contribution in [-0.2, 0) is 9.53 Å². The Hall–Kier alpha value is -1.99. The number of amides is 1. The minimum Gasteiger partial charge on any atom is -0.383 e. The molecule has 0 saturated carbocycles. The number of rotatable bonds is 5. The third-order valence-corrected chi connectivity index (χ3v) is 6.05. The number of ketones is 1. The predicted octanol–water partition coefficient (Wildman–Crippen LogP) is 1.43. The quantitative estimate of drug-likeness (QED) is 0.727. The minimum atomic E-state index is -0.0311. The first-order valence-electron chi connectivity index (χ1n) is 9.65. The van der Waals surface area contributed by atoms with Gasteiger partial charge in [-0.1, -0.05) is 0 Å². The molecule has 148 valence electrons. The summed E-state index contributed by atoms with van der Waals surface area (Å²) >= 11 is 0. The molecule has 3 rings (SSSR count). The van der Waals surface area contributed by atoms with Crippen molar-refractivity contribution in [3.8, 4) is 0 Å².